The van der Waals surface area contributed by atoms with Crippen molar-refractivity contribution in [3.8, 4) is 10.4 Å². The van der Waals surface area contributed by atoms with Gasteiger partial charge in [0.1, 0.15) is 4.83 Å². The molecule has 0 spiro atoms. The highest BCUT2D eigenvalue weighted by atomic mass is 32.1. The molecule has 20 heavy (non-hydrogen) atoms. The van der Waals surface area contributed by atoms with E-state index in [1.807, 2.05) is 19.1 Å². The lowest BCUT2D eigenvalue weighted by Gasteiger charge is -2.01. The third-order valence-electron chi connectivity index (χ3n) is 3.08. The second-order valence-corrected chi connectivity index (χ2v) is 5.42. The molecule has 2 aromatic heterocycles. The van der Waals surface area contributed by atoms with Crippen molar-refractivity contribution >= 4 is 32.9 Å². The molecule has 0 radical (unpaired) electrons. The van der Waals surface area contributed by atoms with Crippen LogP contribution in [-0.2, 0) is 0 Å². The zero-order valence-electron chi connectivity index (χ0n) is 10.7. The van der Waals surface area contributed by atoms with E-state index in [0.29, 0.717) is 16.1 Å². The Kier molecular flexibility index (Phi) is 2.87. The van der Waals surface area contributed by atoms with Gasteiger partial charge in [0.2, 0.25) is 0 Å². The fourth-order valence-corrected chi connectivity index (χ4v) is 3.29. The minimum atomic E-state index is -0.391. The average molecular weight is 285 g/mol. The summed E-state index contributed by atoms with van der Waals surface area (Å²) in [5, 5.41) is 12.0. The Morgan fingerprint density at radius 3 is 2.75 bits per heavy atom. The molecule has 3 rings (SSSR count). The summed E-state index contributed by atoms with van der Waals surface area (Å²) in [7, 11) is 0. The third kappa shape index (κ3) is 1.90. The molecule has 0 saturated carbocycles. The van der Waals surface area contributed by atoms with Crippen molar-refractivity contribution in [3.63, 3.8) is 0 Å². The highest BCUT2D eigenvalue weighted by Gasteiger charge is 2.20. The first-order valence-corrected chi connectivity index (χ1v) is 6.79. The van der Waals surface area contributed by atoms with Gasteiger partial charge in [-0.15, -0.1) is 11.3 Å². The summed E-state index contributed by atoms with van der Waals surface area (Å²) in [6.07, 6.45) is 0. The second kappa shape index (κ2) is 4.57. The van der Waals surface area contributed by atoms with Gasteiger partial charge < -0.3 is 5.73 Å². The SMILES string of the molecule is Cc1ccc2c(N)c(-c3ccccc3[N+](=O)[O-])sc2n1. The Labute approximate surface area is 118 Å². The number of benzene rings is 1. The Morgan fingerprint density at radius 1 is 1.25 bits per heavy atom. The van der Waals surface area contributed by atoms with Crippen LogP contribution in [0.1, 0.15) is 5.69 Å². The highest BCUT2D eigenvalue weighted by molar-refractivity contribution is 7.22. The highest BCUT2D eigenvalue weighted by Crippen LogP contribution is 2.43. The van der Waals surface area contributed by atoms with Gasteiger partial charge in [-0.1, -0.05) is 12.1 Å². The van der Waals surface area contributed by atoms with Gasteiger partial charge >= 0.3 is 0 Å². The Bertz CT molecular complexity index is 826. The fraction of sp³-hybridized carbons (Fsp3) is 0.0714. The molecule has 6 heteroatoms. The number of aryl methyl sites for hydroxylation is 1. The van der Waals surface area contributed by atoms with Gasteiger partial charge in [-0.3, -0.25) is 10.1 Å². The number of hydrogen-bond donors (Lipinski definition) is 1. The molecule has 100 valence electrons. The summed E-state index contributed by atoms with van der Waals surface area (Å²) in [4.78, 5) is 16.7. The number of nitro groups is 1. The Morgan fingerprint density at radius 2 is 2.00 bits per heavy atom. The summed E-state index contributed by atoms with van der Waals surface area (Å²) in [6, 6.07) is 10.4. The van der Waals surface area contributed by atoms with Crippen LogP contribution in [0.15, 0.2) is 36.4 Å². The van der Waals surface area contributed by atoms with Crippen LogP contribution in [0.25, 0.3) is 20.7 Å². The van der Waals surface area contributed by atoms with Crippen LogP contribution in [0.2, 0.25) is 0 Å². The normalized spacial score (nSPS) is 10.8. The number of thiophene rings is 1. The molecule has 2 N–H and O–H groups in total. The molecule has 0 fully saturated rings. The van der Waals surface area contributed by atoms with Crippen molar-refractivity contribution in [2.75, 3.05) is 5.73 Å². The number of pyridine rings is 1. The topological polar surface area (TPSA) is 82.0 Å². The maximum Gasteiger partial charge on any atom is 0.278 e. The molecular formula is C14H11N3O2S. The van der Waals surface area contributed by atoms with Crippen molar-refractivity contribution in [1.29, 1.82) is 0 Å². The molecule has 0 aliphatic rings. The first-order valence-electron chi connectivity index (χ1n) is 5.97. The number of aromatic nitrogens is 1. The average Bonchev–Trinajstić information content (AvgIpc) is 2.75. The lowest BCUT2D eigenvalue weighted by molar-refractivity contribution is -0.384. The fourth-order valence-electron chi connectivity index (χ4n) is 2.11. The molecule has 5 nitrogen and oxygen atoms in total. The zero-order valence-corrected chi connectivity index (χ0v) is 11.5. The van der Waals surface area contributed by atoms with Gasteiger partial charge in [0, 0.05) is 17.1 Å². The van der Waals surface area contributed by atoms with E-state index < -0.39 is 4.92 Å². The molecule has 0 aliphatic carbocycles. The van der Waals surface area contributed by atoms with Gasteiger partial charge in [0.25, 0.3) is 5.69 Å². The van der Waals surface area contributed by atoms with E-state index in [1.165, 1.54) is 17.4 Å². The van der Waals surface area contributed by atoms with Crippen molar-refractivity contribution < 1.29 is 4.92 Å². The standard InChI is InChI=1S/C14H11N3O2S/c1-8-6-7-10-12(15)13(20-14(10)16-8)9-4-2-3-5-11(9)17(18)19/h2-7H,15H2,1H3. The van der Waals surface area contributed by atoms with Crippen LogP contribution in [-0.4, -0.2) is 9.91 Å². The number of rotatable bonds is 2. The van der Waals surface area contributed by atoms with E-state index >= 15 is 0 Å². The molecule has 2 heterocycles. The maximum absolute atomic E-state index is 11.1. The summed E-state index contributed by atoms with van der Waals surface area (Å²) in [6.45, 7) is 1.90. The summed E-state index contributed by atoms with van der Waals surface area (Å²) in [5.41, 5.74) is 8.18. The molecule has 3 aromatic rings. The van der Waals surface area contributed by atoms with E-state index in [4.69, 9.17) is 5.73 Å². The lowest BCUT2D eigenvalue weighted by atomic mass is 10.1. The molecule has 0 aliphatic heterocycles. The van der Waals surface area contributed by atoms with E-state index in [9.17, 15) is 10.1 Å². The number of fused-ring (bicyclic) bond motifs is 1. The van der Waals surface area contributed by atoms with E-state index in [1.54, 1.807) is 18.2 Å². The van der Waals surface area contributed by atoms with Crippen LogP contribution >= 0.6 is 11.3 Å². The lowest BCUT2D eigenvalue weighted by Crippen LogP contribution is -1.92. The van der Waals surface area contributed by atoms with Gasteiger partial charge in [0.15, 0.2) is 0 Å². The van der Waals surface area contributed by atoms with Crippen LogP contribution in [0.5, 0.6) is 0 Å². The molecule has 1 aromatic carbocycles. The smallest absolute Gasteiger partial charge is 0.278 e. The summed E-state index contributed by atoms with van der Waals surface area (Å²) in [5.74, 6) is 0. The van der Waals surface area contributed by atoms with Crippen LogP contribution in [0.4, 0.5) is 11.4 Å². The third-order valence-corrected chi connectivity index (χ3v) is 4.23. The van der Waals surface area contributed by atoms with Crippen molar-refractivity contribution in [2.24, 2.45) is 0 Å². The molecule has 0 amide bonds. The number of para-hydroxylation sites is 1. The number of nitro benzene ring substituents is 1. The van der Waals surface area contributed by atoms with E-state index in [-0.39, 0.29) is 5.69 Å². The Hall–Kier alpha value is -2.47. The number of nitrogens with two attached hydrogens (primary N) is 1. The molecule has 0 saturated heterocycles. The number of nitrogens with zero attached hydrogens (tertiary/aromatic N) is 2. The zero-order chi connectivity index (χ0) is 14.3. The molecule has 0 unspecified atom stereocenters. The van der Waals surface area contributed by atoms with Crippen LogP contribution < -0.4 is 5.73 Å². The van der Waals surface area contributed by atoms with Gasteiger partial charge in [-0.25, -0.2) is 4.98 Å². The first kappa shape index (κ1) is 12.6. The summed E-state index contributed by atoms with van der Waals surface area (Å²) < 4.78 is 0. The minimum Gasteiger partial charge on any atom is -0.397 e. The second-order valence-electron chi connectivity index (χ2n) is 4.42. The van der Waals surface area contributed by atoms with Gasteiger partial charge in [-0.2, -0.15) is 0 Å². The predicted octanol–water partition coefficient (Wildman–Crippen LogP) is 3.76. The number of nitrogen functional groups attached to an aromatic ring is 1. The minimum absolute atomic E-state index is 0.0579. The number of hydrogen-bond acceptors (Lipinski definition) is 5. The first-order chi connectivity index (χ1) is 9.58. The van der Waals surface area contributed by atoms with E-state index in [2.05, 4.69) is 4.98 Å². The van der Waals surface area contributed by atoms with Crippen molar-refractivity contribution in [1.82, 2.24) is 4.98 Å². The van der Waals surface area contributed by atoms with Crippen molar-refractivity contribution in [3.05, 3.63) is 52.2 Å². The molecular weight excluding hydrogens is 274 g/mol. The van der Waals surface area contributed by atoms with Gasteiger partial charge in [0.05, 0.1) is 21.1 Å². The largest absolute Gasteiger partial charge is 0.397 e. The van der Waals surface area contributed by atoms with E-state index in [0.717, 1.165) is 15.9 Å². The molecule has 0 atom stereocenters. The summed E-state index contributed by atoms with van der Waals surface area (Å²) >= 11 is 1.38. The van der Waals surface area contributed by atoms with Crippen LogP contribution in [0.3, 0.4) is 0 Å². The quantitative estimate of drug-likeness (QED) is 0.574. The van der Waals surface area contributed by atoms with Crippen LogP contribution in [0, 0.1) is 17.0 Å². The van der Waals surface area contributed by atoms with Gasteiger partial charge in [-0.05, 0) is 25.1 Å². The maximum atomic E-state index is 11.1. The monoisotopic (exact) mass is 285 g/mol. The van der Waals surface area contributed by atoms with Crippen molar-refractivity contribution in [2.45, 2.75) is 6.92 Å². The number of anilines is 1. The Balaban J connectivity index is 2.30. The predicted molar refractivity (Wildman–Crippen MR) is 80.9 cm³/mol. The molecule has 0 bridgehead atoms.